The lowest BCUT2D eigenvalue weighted by Gasteiger charge is -2.13. The van der Waals surface area contributed by atoms with E-state index in [1.807, 2.05) is 0 Å². The lowest BCUT2D eigenvalue weighted by Crippen LogP contribution is -2.22. The predicted octanol–water partition coefficient (Wildman–Crippen LogP) is -0.132. The fraction of sp³-hybridized carbons (Fsp3) is 0.500. The molecule has 0 bridgehead atoms. The zero-order chi connectivity index (χ0) is 15.4. The Balaban J connectivity index is 0.000000774. The van der Waals surface area contributed by atoms with Gasteiger partial charge in [-0.1, -0.05) is 0 Å². The van der Waals surface area contributed by atoms with Crippen LogP contribution in [0.1, 0.15) is 19.1 Å². The number of nitrogens with two attached hydrogens (primary N) is 1. The summed E-state index contributed by atoms with van der Waals surface area (Å²) >= 11 is 0. The minimum absolute atomic E-state index is 0.289. The van der Waals surface area contributed by atoms with Crippen LogP contribution in [0.15, 0.2) is 12.7 Å². The van der Waals surface area contributed by atoms with Crippen LogP contribution in [0, 0.1) is 0 Å². The van der Waals surface area contributed by atoms with Gasteiger partial charge in [0, 0.05) is 7.11 Å². The van der Waals surface area contributed by atoms with Gasteiger partial charge in [0.25, 0.3) is 0 Å². The van der Waals surface area contributed by atoms with Crippen LogP contribution in [0.5, 0.6) is 0 Å². The summed E-state index contributed by atoms with van der Waals surface area (Å²) in [5, 5.41) is 7.00. The molecule has 0 aromatic carbocycles. The molecule has 3 N–H and O–H groups in total. The van der Waals surface area contributed by atoms with Crippen LogP contribution in [-0.4, -0.2) is 50.9 Å². The summed E-state index contributed by atoms with van der Waals surface area (Å²) in [6.07, 6.45) is 3.45. The van der Waals surface area contributed by atoms with Crippen molar-refractivity contribution in [3.63, 3.8) is 0 Å². The van der Waals surface area contributed by atoms with Crippen molar-refractivity contribution in [1.82, 2.24) is 19.5 Å². The molecule has 1 aliphatic rings. The predicted molar refractivity (Wildman–Crippen MR) is 73.0 cm³/mol. The molecule has 1 fully saturated rings. The topological polar surface area (TPSA) is 125 Å². The Labute approximate surface area is 120 Å². The van der Waals surface area contributed by atoms with Crippen LogP contribution in [0.2, 0.25) is 0 Å². The Hall–Kier alpha value is -2.26. The molecular weight excluding hydrogens is 278 g/mol. The molecule has 0 saturated carbocycles. The van der Waals surface area contributed by atoms with Crippen molar-refractivity contribution in [3.8, 4) is 0 Å². The number of aliphatic hydroxyl groups excluding tert-OH is 1. The highest BCUT2D eigenvalue weighted by Gasteiger charge is 2.33. The number of nitrogens with zero attached hydrogens (tertiary/aromatic N) is 4. The van der Waals surface area contributed by atoms with Crippen molar-refractivity contribution in [2.75, 3.05) is 20.0 Å². The second-order valence-corrected chi connectivity index (χ2v) is 4.26. The molecule has 0 aliphatic carbocycles. The van der Waals surface area contributed by atoms with Gasteiger partial charge >= 0.3 is 5.97 Å². The molecule has 0 spiro atoms. The van der Waals surface area contributed by atoms with E-state index in [0.29, 0.717) is 29.8 Å². The highest BCUT2D eigenvalue weighted by Crippen LogP contribution is 2.31. The van der Waals surface area contributed by atoms with Crippen LogP contribution in [0.3, 0.4) is 0 Å². The number of imidazole rings is 1. The Morgan fingerprint density at radius 1 is 1.43 bits per heavy atom. The van der Waals surface area contributed by atoms with Crippen molar-refractivity contribution < 1.29 is 19.4 Å². The number of ether oxygens (including phenoxy) is 2. The standard InChI is InChI=1S/C11H13N5O3.CH4O/c1-18-11(17)6-2-3-7(19-6)16-5-15-8-9(12)13-4-14-10(8)16;1-2/h4-7H,2-3H2,1H3,(H2,12,13,14);2H,1H3. The van der Waals surface area contributed by atoms with Gasteiger partial charge in [-0.05, 0) is 12.8 Å². The van der Waals surface area contributed by atoms with E-state index in [-0.39, 0.29) is 12.2 Å². The van der Waals surface area contributed by atoms with Crippen LogP contribution in [0.4, 0.5) is 5.82 Å². The SMILES string of the molecule is CO.COC(=O)C1CCC(n2cnc3c(N)ncnc32)O1. The van der Waals surface area contributed by atoms with Gasteiger partial charge in [0.2, 0.25) is 0 Å². The van der Waals surface area contributed by atoms with E-state index in [2.05, 4.69) is 19.7 Å². The normalized spacial score (nSPS) is 20.9. The van der Waals surface area contributed by atoms with E-state index in [9.17, 15) is 4.79 Å². The Bertz CT molecular complexity index is 629. The number of hydrogen-bond acceptors (Lipinski definition) is 8. The largest absolute Gasteiger partial charge is 0.467 e. The van der Waals surface area contributed by atoms with Gasteiger partial charge in [-0.2, -0.15) is 0 Å². The molecule has 2 unspecified atom stereocenters. The summed E-state index contributed by atoms with van der Waals surface area (Å²) in [4.78, 5) is 23.6. The molecule has 3 rings (SSSR count). The van der Waals surface area contributed by atoms with Crippen LogP contribution >= 0.6 is 0 Å². The van der Waals surface area contributed by atoms with Crippen molar-refractivity contribution in [2.45, 2.75) is 25.2 Å². The van der Waals surface area contributed by atoms with E-state index < -0.39 is 6.10 Å². The molecule has 114 valence electrons. The van der Waals surface area contributed by atoms with E-state index in [4.69, 9.17) is 15.6 Å². The van der Waals surface area contributed by atoms with Gasteiger partial charge in [0.05, 0.1) is 13.4 Å². The first-order chi connectivity index (χ1) is 10.2. The summed E-state index contributed by atoms with van der Waals surface area (Å²) in [5.74, 6) is -0.0349. The fourth-order valence-electron chi connectivity index (χ4n) is 2.21. The molecule has 0 amide bonds. The quantitative estimate of drug-likeness (QED) is 0.734. The fourth-order valence-corrected chi connectivity index (χ4v) is 2.21. The number of esters is 1. The molecule has 1 aliphatic heterocycles. The Morgan fingerprint density at radius 2 is 2.19 bits per heavy atom. The second-order valence-electron chi connectivity index (χ2n) is 4.26. The highest BCUT2D eigenvalue weighted by molar-refractivity contribution is 5.81. The number of aromatic nitrogens is 4. The molecule has 3 heterocycles. The highest BCUT2D eigenvalue weighted by atomic mass is 16.6. The number of hydrogen-bond donors (Lipinski definition) is 2. The first-order valence-electron chi connectivity index (χ1n) is 6.31. The summed E-state index contributed by atoms with van der Waals surface area (Å²) in [5.41, 5.74) is 6.86. The van der Waals surface area contributed by atoms with Crippen molar-refractivity contribution in [2.24, 2.45) is 0 Å². The number of fused-ring (bicyclic) bond motifs is 1. The zero-order valence-corrected chi connectivity index (χ0v) is 11.8. The van der Waals surface area contributed by atoms with Crippen LogP contribution in [-0.2, 0) is 14.3 Å². The third kappa shape index (κ3) is 2.78. The number of rotatable bonds is 2. The third-order valence-electron chi connectivity index (χ3n) is 3.16. The monoisotopic (exact) mass is 295 g/mol. The summed E-state index contributed by atoms with van der Waals surface area (Å²) in [7, 11) is 2.35. The lowest BCUT2D eigenvalue weighted by atomic mass is 10.2. The second kappa shape index (κ2) is 6.46. The molecular formula is C12H17N5O4. The summed E-state index contributed by atoms with van der Waals surface area (Å²) < 4.78 is 12.1. The van der Waals surface area contributed by atoms with Crippen molar-refractivity contribution >= 4 is 23.0 Å². The third-order valence-corrected chi connectivity index (χ3v) is 3.16. The molecule has 9 nitrogen and oxygen atoms in total. The maximum atomic E-state index is 11.4. The maximum absolute atomic E-state index is 11.4. The molecule has 9 heteroatoms. The smallest absolute Gasteiger partial charge is 0.335 e. The first kappa shape index (κ1) is 15.1. The van der Waals surface area contributed by atoms with Gasteiger partial charge in [-0.25, -0.2) is 19.7 Å². The van der Waals surface area contributed by atoms with E-state index in [1.54, 1.807) is 10.9 Å². The van der Waals surface area contributed by atoms with E-state index in [1.165, 1.54) is 13.4 Å². The number of carbonyl (C=O) groups is 1. The molecule has 21 heavy (non-hydrogen) atoms. The molecule has 0 radical (unpaired) electrons. The Morgan fingerprint density at radius 3 is 2.90 bits per heavy atom. The Kier molecular flexibility index (Phi) is 4.66. The average Bonchev–Trinajstić information content (AvgIpc) is 3.15. The molecule has 2 atom stereocenters. The lowest BCUT2D eigenvalue weighted by molar-refractivity contribution is -0.155. The van der Waals surface area contributed by atoms with E-state index in [0.717, 1.165) is 7.11 Å². The average molecular weight is 295 g/mol. The van der Waals surface area contributed by atoms with Gasteiger partial charge in [-0.15, -0.1) is 0 Å². The minimum atomic E-state index is -0.536. The number of nitrogen functional groups attached to an aromatic ring is 1. The maximum Gasteiger partial charge on any atom is 0.335 e. The first-order valence-corrected chi connectivity index (χ1v) is 6.31. The number of anilines is 1. The number of aliphatic hydroxyl groups is 1. The zero-order valence-electron chi connectivity index (χ0n) is 11.8. The van der Waals surface area contributed by atoms with E-state index >= 15 is 0 Å². The summed E-state index contributed by atoms with van der Waals surface area (Å²) in [6.45, 7) is 0. The van der Waals surface area contributed by atoms with Crippen LogP contribution in [0.25, 0.3) is 11.2 Å². The molecule has 2 aromatic heterocycles. The summed E-state index contributed by atoms with van der Waals surface area (Å²) in [6, 6.07) is 0. The molecule has 1 saturated heterocycles. The van der Waals surface area contributed by atoms with Gasteiger partial charge in [0.1, 0.15) is 18.1 Å². The minimum Gasteiger partial charge on any atom is -0.467 e. The molecule has 2 aromatic rings. The van der Waals surface area contributed by atoms with Crippen LogP contribution < -0.4 is 5.73 Å². The van der Waals surface area contributed by atoms with Crippen molar-refractivity contribution in [1.29, 1.82) is 0 Å². The number of methoxy groups -OCH3 is 1. The number of carbonyl (C=O) groups excluding carboxylic acids is 1. The van der Waals surface area contributed by atoms with Crippen molar-refractivity contribution in [3.05, 3.63) is 12.7 Å². The van der Waals surface area contributed by atoms with Gasteiger partial charge in [0.15, 0.2) is 17.6 Å². The van der Waals surface area contributed by atoms with Gasteiger partial charge in [-0.3, -0.25) is 4.57 Å². The van der Waals surface area contributed by atoms with Gasteiger partial charge < -0.3 is 20.3 Å².